The van der Waals surface area contributed by atoms with E-state index in [1.165, 1.54) is 11.1 Å². The van der Waals surface area contributed by atoms with Crippen LogP contribution >= 0.6 is 0 Å². The van der Waals surface area contributed by atoms with E-state index in [1.54, 1.807) is 5.48 Å². The SMILES string of the molecule is O=C(CCOCCCN1CCc2ccccc2C1)NO. The molecule has 0 aliphatic carbocycles. The quantitative estimate of drug-likeness (QED) is 0.449. The number of rotatable bonds is 7. The highest BCUT2D eigenvalue weighted by Gasteiger charge is 2.14. The summed E-state index contributed by atoms with van der Waals surface area (Å²) in [7, 11) is 0. The van der Waals surface area contributed by atoms with Gasteiger partial charge in [-0.3, -0.25) is 14.9 Å². The van der Waals surface area contributed by atoms with E-state index < -0.39 is 5.91 Å². The lowest BCUT2D eigenvalue weighted by atomic mass is 10.00. The minimum atomic E-state index is -0.405. The highest BCUT2D eigenvalue weighted by atomic mass is 16.5. The molecule has 1 aliphatic rings. The van der Waals surface area contributed by atoms with Gasteiger partial charge in [0, 0.05) is 26.2 Å². The molecule has 110 valence electrons. The highest BCUT2D eigenvalue weighted by Crippen LogP contribution is 2.18. The first kappa shape index (κ1) is 15.0. The zero-order chi connectivity index (χ0) is 14.2. The van der Waals surface area contributed by atoms with Crippen LogP contribution in [0.4, 0.5) is 0 Å². The average molecular weight is 278 g/mol. The maximum Gasteiger partial charge on any atom is 0.245 e. The molecule has 0 fully saturated rings. The summed E-state index contributed by atoms with van der Waals surface area (Å²) in [6, 6.07) is 8.61. The number of ether oxygens (including phenoxy) is 1. The third-order valence-electron chi connectivity index (χ3n) is 3.57. The van der Waals surface area contributed by atoms with E-state index in [0.717, 1.165) is 32.5 Å². The Bertz CT molecular complexity index is 437. The van der Waals surface area contributed by atoms with E-state index in [9.17, 15) is 4.79 Å². The van der Waals surface area contributed by atoms with Crippen molar-refractivity contribution in [1.82, 2.24) is 10.4 Å². The van der Waals surface area contributed by atoms with E-state index in [-0.39, 0.29) is 6.42 Å². The van der Waals surface area contributed by atoms with Gasteiger partial charge < -0.3 is 4.74 Å². The second kappa shape index (κ2) is 7.99. The first-order valence-electron chi connectivity index (χ1n) is 7.09. The Morgan fingerprint density at radius 3 is 2.90 bits per heavy atom. The molecule has 1 aromatic carbocycles. The second-order valence-corrected chi connectivity index (χ2v) is 5.05. The first-order chi connectivity index (χ1) is 9.79. The van der Waals surface area contributed by atoms with E-state index in [1.807, 2.05) is 0 Å². The van der Waals surface area contributed by atoms with Crippen molar-refractivity contribution in [3.63, 3.8) is 0 Å². The Morgan fingerprint density at radius 2 is 2.10 bits per heavy atom. The summed E-state index contributed by atoms with van der Waals surface area (Å²) in [5.41, 5.74) is 4.49. The zero-order valence-corrected chi connectivity index (χ0v) is 11.7. The molecule has 0 radical (unpaired) electrons. The summed E-state index contributed by atoms with van der Waals surface area (Å²) in [6.45, 7) is 4.14. The fourth-order valence-corrected chi connectivity index (χ4v) is 2.46. The summed E-state index contributed by atoms with van der Waals surface area (Å²) in [4.78, 5) is 13.2. The van der Waals surface area contributed by atoms with Crippen LogP contribution in [-0.4, -0.2) is 42.3 Å². The van der Waals surface area contributed by atoms with Crippen molar-refractivity contribution in [2.75, 3.05) is 26.3 Å². The molecule has 1 heterocycles. The van der Waals surface area contributed by atoms with Crippen LogP contribution in [0.5, 0.6) is 0 Å². The van der Waals surface area contributed by atoms with Crippen LogP contribution in [0.2, 0.25) is 0 Å². The number of hydrogen-bond donors (Lipinski definition) is 2. The summed E-state index contributed by atoms with van der Waals surface area (Å²) in [5.74, 6) is -0.405. The number of amides is 1. The Labute approximate surface area is 119 Å². The Kier molecular flexibility index (Phi) is 5.98. The third-order valence-corrected chi connectivity index (χ3v) is 3.57. The molecule has 2 N–H and O–H groups in total. The van der Waals surface area contributed by atoms with Gasteiger partial charge in [0.05, 0.1) is 13.0 Å². The Morgan fingerprint density at radius 1 is 1.30 bits per heavy atom. The predicted octanol–water partition coefficient (Wildman–Crippen LogP) is 1.35. The zero-order valence-electron chi connectivity index (χ0n) is 11.7. The van der Waals surface area contributed by atoms with Gasteiger partial charge in [-0.05, 0) is 24.0 Å². The molecular formula is C15H22N2O3. The molecule has 0 bridgehead atoms. The van der Waals surface area contributed by atoms with Crippen LogP contribution in [0.15, 0.2) is 24.3 Å². The van der Waals surface area contributed by atoms with E-state index in [0.29, 0.717) is 13.2 Å². The monoisotopic (exact) mass is 278 g/mol. The molecule has 0 saturated heterocycles. The molecule has 0 saturated carbocycles. The lowest BCUT2D eigenvalue weighted by Crippen LogP contribution is -2.31. The summed E-state index contributed by atoms with van der Waals surface area (Å²) < 4.78 is 5.37. The summed E-state index contributed by atoms with van der Waals surface area (Å²) in [6.07, 6.45) is 2.28. The molecule has 5 heteroatoms. The molecule has 1 aromatic rings. The van der Waals surface area contributed by atoms with Crippen molar-refractivity contribution in [2.24, 2.45) is 0 Å². The van der Waals surface area contributed by atoms with E-state index in [4.69, 9.17) is 9.94 Å². The minimum Gasteiger partial charge on any atom is -0.381 e. The topological polar surface area (TPSA) is 61.8 Å². The Hall–Kier alpha value is -1.43. The van der Waals surface area contributed by atoms with Gasteiger partial charge in [0.15, 0.2) is 0 Å². The number of fused-ring (bicyclic) bond motifs is 1. The normalized spacial score (nSPS) is 14.8. The van der Waals surface area contributed by atoms with Crippen LogP contribution in [0, 0.1) is 0 Å². The molecule has 1 aliphatic heterocycles. The molecule has 0 unspecified atom stereocenters. The van der Waals surface area contributed by atoms with Gasteiger partial charge in [-0.15, -0.1) is 0 Å². The van der Waals surface area contributed by atoms with Crippen LogP contribution in [0.25, 0.3) is 0 Å². The Balaban J connectivity index is 1.58. The molecule has 2 rings (SSSR count). The smallest absolute Gasteiger partial charge is 0.245 e. The van der Waals surface area contributed by atoms with Crippen molar-refractivity contribution in [3.05, 3.63) is 35.4 Å². The van der Waals surface area contributed by atoms with Crippen molar-refractivity contribution in [3.8, 4) is 0 Å². The number of carbonyl (C=O) groups is 1. The number of benzene rings is 1. The number of hydrogen-bond acceptors (Lipinski definition) is 4. The first-order valence-corrected chi connectivity index (χ1v) is 7.09. The van der Waals surface area contributed by atoms with Crippen LogP contribution < -0.4 is 5.48 Å². The number of nitrogens with zero attached hydrogens (tertiary/aromatic N) is 1. The van der Waals surface area contributed by atoms with Gasteiger partial charge >= 0.3 is 0 Å². The molecule has 1 amide bonds. The van der Waals surface area contributed by atoms with Crippen LogP contribution in [0.1, 0.15) is 24.0 Å². The molecule has 0 atom stereocenters. The highest BCUT2D eigenvalue weighted by molar-refractivity contribution is 5.74. The molecule has 20 heavy (non-hydrogen) atoms. The van der Waals surface area contributed by atoms with E-state index in [2.05, 4.69) is 29.2 Å². The van der Waals surface area contributed by atoms with Crippen LogP contribution in [0.3, 0.4) is 0 Å². The lowest BCUT2D eigenvalue weighted by Gasteiger charge is -2.28. The molecule has 0 aromatic heterocycles. The van der Waals surface area contributed by atoms with Gasteiger partial charge in [0.2, 0.25) is 5.91 Å². The largest absolute Gasteiger partial charge is 0.381 e. The molecule has 0 spiro atoms. The maximum absolute atomic E-state index is 10.8. The minimum absolute atomic E-state index is 0.202. The van der Waals surface area contributed by atoms with Crippen molar-refractivity contribution in [2.45, 2.75) is 25.8 Å². The standard InChI is InChI=1S/C15H22N2O3/c18-15(16-19)7-11-20-10-3-8-17-9-6-13-4-1-2-5-14(13)12-17/h1-2,4-5,19H,3,6-12H2,(H,16,18). The number of carbonyl (C=O) groups excluding carboxylic acids is 1. The van der Waals surface area contributed by atoms with Crippen LogP contribution in [-0.2, 0) is 22.5 Å². The molecular weight excluding hydrogens is 256 g/mol. The summed E-state index contributed by atoms with van der Waals surface area (Å²) >= 11 is 0. The fourth-order valence-electron chi connectivity index (χ4n) is 2.46. The maximum atomic E-state index is 10.8. The lowest BCUT2D eigenvalue weighted by molar-refractivity contribution is -0.130. The average Bonchev–Trinajstić information content (AvgIpc) is 2.50. The molecule has 5 nitrogen and oxygen atoms in total. The van der Waals surface area contributed by atoms with Gasteiger partial charge in [0.25, 0.3) is 0 Å². The van der Waals surface area contributed by atoms with Gasteiger partial charge in [0.1, 0.15) is 0 Å². The fraction of sp³-hybridized carbons (Fsp3) is 0.533. The van der Waals surface area contributed by atoms with Crippen molar-refractivity contribution >= 4 is 5.91 Å². The van der Waals surface area contributed by atoms with Crippen molar-refractivity contribution < 1.29 is 14.7 Å². The third kappa shape index (κ3) is 4.59. The van der Waals surface area contributed by atoms with Gasteiger partial charge in [-0.2, -0.15) is 0 Å². The predicted molar refractivity (Wildman–Crippen MR) is 75.4 cm³/mol. The number of hydroxylamine groups is 1. The van der Waals surface area contributed by atoms with Crippen molar-refractivity contribution in [1.29, 1.82) is 0 Å². The number of nitrogens with one attached hydrogen (secondary N) is 1. The van der Waals surface area contributed by atoms with E-state index >= 15 is 0 Å². The van der Waals surface area contributed by atoms with Gasteiger partial charge in [-0.1, -0.05) is 24.3 Å². The van der Waals surface area contributed by atoms with Gasteiger partial charge in [-0.25, -0.2) is 5.48 Å². The summed E-state index contributed by atoms with van der Waals surface area (Å²) in [5, 5.41) is 8.33. The second-order valence-electron chi connectivity index (χ2n) is 5.05.